The van der Waals surface area contributed by atoms with Crippen molar-refractivity contribution in [3.63, 3.8) is 0 Å². The summed E-state index contributed by atoms with van der Waals surface area (Å²) < 4.78 is 11.1. The minimum absolute atomic E-state index is 0.0873. The van der Waals surface area contributed by atoms with Gasteiger partial charge in [0.2, 0.25) is 0 Å². The third kappa shape index (κ3) is 3.14. The Hall–Kier alpha value is -2.34. The molecule has 1 aromatic heterocycles. The number of nitrogens with zero attached hydrogens (tertiary/aromatic N) is 2. The number of fused-ring (bicyclic) bond motifs is 1. The molecule has 6 nitrogen and oxygen atoms in total. The van der Waals surface area contributed by atoms with Gasteiger partial charge in [0.05, 0.1) is 12.1 Å². The summed E-state index contributed by atoms with van der Waals surface area (Å²) in [7, 11) is 0. The van der Waals surface area contributed by atoms with Gasteiger partial charge in [-0.3, -0.25) is 4.79 Å². The molecule has 2 aliphatic heterocycles. The number of hydrogen-bond acceptors (Lipinski definition) is 5. The van der Waals surface area contributed by atoms with E-state index in [2.05, 4.69) is 23.5 Å². The minimum Gasteiger partial charge on any atom is -0.368 e. The Balaban J connectivity index is 1.54. The van der Waals surface area contributed by atoms with Gasteiger partial charge in [0.15, 0.2) is 5.82 Å². The van der Waals surface area contributed by atoms with E-state index in [1.165, 1.54) is 5.56 Å². The van der Waals surface area contributed by atoms with Gasteiger partial charge in [-0.2, -0.15) is 0 Å². The van der Waals surface area contributed by atoms with Crippen molar-refractivity contribution >= 4 is 17.4 Å². The number of aryl methyl sites for hydroxylation is 1. The van der Waals surface area contributed by atoms with Crippen molar-refractivity contribution in [2.24, 2.45) is 0 Å². The second-order valence-corrected chi connectivity index (χ2v) is 6.58. The molecule has 1 saturated heterocycles. The van der Waals surface area contributed by atoms with Gasteiger partial charge in [0, 0.05) is 25.3 Å². The largest absolute Gasteiger partial charge is 0.368 e. The highest BCUT2D eigenvalue weighted by Crippen LogP contribution is 2.30. The molecule has 1 aromatic carbocycles. The highest BCUT2D eigenvalue weighted by atomic mass is 16.5. The topological polar surface area (TPSA) is 67.6 Å². The number of carbonyl (C=O) groups is 1. The Bertz CT molecular complexity index is 765. The number of ether oxygens (including phenoxy) is 1. The van der Waals surface area contributed by atoms with Gasteiger partial charge in [0.1, 0.15) is 11.9 Å². The number of carbonyl (C=O) groups excluding carboxylic acids is 1. The van der Waals surface area contributed by atoms with E-state index in [1.807, 2.05) is 23.1 Å². The van der Waals surface area contributed by atoms with Crippen LogP contribution < -0.4 is 5.32 Å². The predicted molar refractivity (Wildman–Crippen MR) is 93.7 cm³/mol. The molecule has 4 rings (SSSR count). The van der Waals surface area contributed by atoms with Crippen LogP contribution in [0.2, 0.25) is 0 Å². The molecule has 1 amide bonds. The molecular formula is C19H23N3O3. The number of aromatic nitrogens is 1. The van der Waals surface area contributed by atoms with E-state index < -0.39 is 0 Å². The summed E-state index contributed by atoms with van der Waals surface area (Å²) in [5, 5.41) is 7.59. The first-order chi connectivity index (χ1) is 12.3. The molecule has 0 saturated carbocycles. The van der Waals surface area contributed by atoms with Crippen molar-refractivity contribution < 1.29 is 14.1 Å². The Morgan fingerprint density at radius 3 is 3.08 bits per heavy atom. The van der Waals surface area contributed by atoms with E-state index in [0.717, 1.165) is 36.3 Å². The molecule has 132 valence electrons. The molecule has 1 atom stereocenters. The van der Waals surface area contributed by atoms with E-state index in [4.69, 9.17) is 9.26 Å². The molecule has 1 N–H and O–H groups in total. The molecule has 3 heterocycles. The lowest BCUT2D eigenvalue weighted by molar-refractivity contribution is -0.141. The zero-order chi connectivity index (χ0) is 17.2. The van der Waals surface area contributed by atoms with Crippen LogP contribution >= 0.6 is 0 Å². The molecule has 0 radical (unpaired) electrons. The normalized spacial score (nSPS) is 19.7. The Labute approximate surface area is 147 Å². The van der Waals surface area contributed by atoms with Gasteiger partial charge in [-0.05, 0) is 30.9 Å². The van der Waals surface area contributed by atoms with Crippen LogP contribution in [-0.4, -0.2) is 35.2 Å². The lowest BCUT2D eigenvalue weighted by Gasteiger charge is -2.28. The summed E-state index contributed by atoms with van der Waals surface area (Å²) in [6, 6.07) is 8.17. The molecular weight excluding hydrogens is 318 g/mol. The Morgan fingerprint density at radius 2 is 2.28 bits per heavy atom. The fourth-order valence-electron chi connectivity index (χ4n) is 3.55. The molecule has 1 unspecified atom stereocenters. The summed E-state index contributed by atoms with van der Waals surface area (Å²) in [4.78, 5) is 14.5. The number of rotatable bonds is 4. The van der Waals surface area contributed by atoms with Gasteiger partial charge in [-0.25, -0.2) is 0 Å². The molecule has 2 aromatic rings. The van der Waals surface area contributed by atoms with E-state index in [-0.39, 0.29) is 12.0 Å². The maximum Gasteiger partial charge on any atom is 0.252 e. The number of nitrogens with one attached hydrogen (secondary N) is 1. The van der Waals surface area contributed by atoms with Crippen LogP contribution in [0.15, 0.2) is 28.8 Å². The van der Waals surface area contributed by atoms with Crippen molar-refractivity contribution in [2.45, 2.75) is 45.3 Å². The second kappa shape index (κ2) is 6.88. The van der Waals surface area contributed by atoms with Gasteiger partial charge in [-0.1, -0.05) is 30.3 Å². The van der Waals surface area contributed by atoms with Crippen LogP contribution in [0.1, 0.15) is 36.7 Å². The predicted octanol–water partition coefficient (Wildman–Crippen LogP) is 3.04. The summed E-state index contributed by atoms with van der Waals surface area (Å²) in [5.74, 6) is 1.66. The van der Waals surface area contributed by atoms with Crippen LogP contribution in [0.3, 0.4) is 0 Å². The van der Waals surface area contributed by atoms with E-state index in [1.54, 1.807) is 0 Å². The summed E-state index contributed by atoms with van der Waals surface area (Å²) in [5.41, 5.74) is 3.23. The first-order valence-corrected chi connectivity index (χ1v) is 8.99. The van der Waals surface area contributed by atoms with Gasteiger partial charge in [-0.15, -0.1) is 0 Å². The van der Waals surface area contributed by atoms with Gasteiger partial charge < -0.3 is 19.5 Å². The number of amides is 1. The quantitative estimate of drug-likeness (QED) is 0.926. The lowest BCUT2D eigenvalue weighted by atomic mass is 10.1. The number of para-hydroxylation sites is 1. The summed E-state index contributed by atoms with van der Waals surface area (Å²) in [6.45, 7) is 3.99. The van der Waals surface area contributed by atoms with E-state index >= 15 is 0 Å². The third-order valence-electron chi connectivity index (χ3n) is 5.00. The fourth-order valence-corrected chi connectivity index (χ4v) is 3.55. The maximum atomic E-state index is 12.6. The van der Waals surface area contributed by atoms with Crippen LogP contribution in [0, 0.1) is 0 Å². The number of benzene rings is 1. The minimum atomic E-state index is -0.279. The average Bonchev–Trinajstić information content (AvgIpc) is 3.32. The van der Waals surface area contributed by atoms with Crippen molar-refractivity contribution in [1.82, 2.24) is 10.1 Å². The molecule has 6 heteroatoms. The molecule has 0 bridgehead atoms. The molecule has 1 fully saturated rings. The Morgan fingerprint density at radius 1 is 1.40 bits per heavy atom. The highest BCUT2D eigenvalue weighted by Gasteiger charge is 2.33. The molecule has 0 spiro atoms. The average molecular weight is 341 g/mol. The zero-order valence-electron chi connectivity index (χ0n) is 14.5. The highest BCUT2D eigenvalue weighted by molar-refractivity contribution is 5.81. The van der Waals surface area contributed by atoms with Crippen molar-refractivity contribution in [1.29, 1.82) is 0 Å². The number of anilines is 2. The van der Waals surface area contributed by atoms with Crippen molar-refractivity contribution in [3.05, 3.63) is 41.2 Å². The van der Waals surface area contributed by atoms with Crippen LogP contribution in [0.4, 0.5) is 11.5 Å². The first kappa shape index (κ1) is 16.1. The SMILES string of the molecule is CCc1ccccc1Nc1noc2c1CN(C(=O)C1CCCO1)CC2. The Kier molecular flexibility index (Phi) is 4.44. The molecule has 25 heavy (non-hydrogen) atoms. The van der Waals surface area contributed by atoms with Gasteiger partial charge >= 0.3 is 0 Å². The zero-order valence-corrected chi connectivity index (χ0v) is 14.5. The van der Waals surface area contributed by atoms with Crippen LogP contribution in [0.25, 0.3) is 0 Å². The summed E-state index contributed by atoms with van der Waals surface area (Å²) >= 11 is 0. The van der Waals surface area contributed by atoms with Gasteiger partial charge in [0.25, 0.3) is 5.91 Å². The van der Waals surface area contributed by atoms with E-state index in [0.29, 0.717) is 31.9 Å². The third-order valence-corrected chi connectivity index (χ3v) is 5.00. The monoisotopic (exact) mass is 341 g/mol. The maximum absolute atomic E-state index is 12.6. The second-order valence-electron chi connectivity index (χ2n) is 6.58. The molecule has 2 aliphatic rings. The fraction of sp³-hybridized carbons (Fsp3) is 0.474. The van der Waals surface area contributed by atoms with E-state index in [9.17, 15) is 4.79 Å². The first-order valence-electron chi connectivity index (χ1n) is 8.99. The van der Waals surface area contributed by atoms with Crippen molar-refractivity contribution in [2.75, 3.05) is 18.5 Å². The lowest BCUT2D eigenvalue weighted by Crippen LogP contribution is -2.41. The van der Waals surface area contributed by atoms with Crippen LogP contribution in [0.5, 0.6) is 0 Å². The summed E-state index contributed by atoms with van der Waals surface area (Å²) in [6.07, 6.45) is 3.13. The smallest absolute Gasteiger partial charge is 0.252 e. The standard InChI is InChI=1S/C19H23N3O3/c1-2-13-6-3-4-7-15(13)20-18-14-12-22(10-9-16(14)25-21-18)19(23)17-8-5-11-24-17/h3-4,6-7,17H,2,5,8-12H2,1H3,(H,20,21). The van der Waals surface area contributed by atoms with Crippen LogP contribution in [-0.2, 0) is 28.9 Å². The number of hydrogen-bond donors (Lipinski definition) is 1. The van der Waals surface area contributed by atoms with Crippen molar-refractivity contribution in [3.8, 4) is 0 Å². The molecule has 0 aliphatic carbocycles.